The molecule has 1 aliphatic heterocycles. The van der Waals surface area contributed by atoms with Crippen LogP contribution in [-0.2, 0) is 0 Å². The van der Waals surface area contributed by atoms with Gasteiger partial charge in [-0.15, -0.1) is 0 Å². The second-order valence-electron chi connectivity index (χ2n) is 7.55. The van der Waals surface area contributed by atoms with Crippen LogP contribution in [0.3, 0.4) is 0 Å². The molecular formula is C23H28N4O. The number of benzene rings is 2. The minimum Gasteiger partial charge on any atom is -0.369 e. The Balaban J connectivity index is 1.18. The maximum atomic E-state index is 12.3. The Morgan fingerprint density at radius 2 is 1.86 bits per heavy atom. The zero-order valence-electron chi connectivity index (χ0n) is 16.4. The molecule has 1 aliphatic rings. The second-order valence-corrected chi connectivity index (χ2v) is 7.55. The van der Waals surface area contributed by atoms with E-state index in [4.69, 9.17) is 0 Å². The predicted molar refractivity (Wildman–Crippen MR) is 115 cm³/mol. The molecular weight excluding hydrogens is 348 g/mol. The Bertz CT molecular complexity index is 907. The van der Waals surface area contributed by atoms with Gasteiger partial charge in [-0.25, -0.2) is 0 Å². The second kappa shape index (κ2) is 8.48. The molecule has 2 heterocycles. The summed E-state index contributed by atoms with van der Waals surface area (Å²) in [6, 6.07) is 18.6. The van der Waals surface area contributed by atoms with Gasteiger partial charge >= 0.3 is 0 Å². The first kappa shape index (κ1) is 18.6. The molecule has 4 rings (SSSR count). The van der Waals surface area contributed by atoms with Crippen LogP contribution in [0, 0.1) is 6.92 Å². The fraction of sp³-hybridized carbons (Fsp3) is 0.348. The number of hydrogen-bond donors (Lipinski definition) is 2. The normalized spacial score (nSPS) is 15.1. The largest absolute Gasteiger partial charge is 0.369 e. The summed E-state index contributed by atoms with van der Waals surface area (Å²) in [6.45, 7) is 8.13. The van der Waals surface area contributed by atoms with Crippen molar-refractivity contribution in [1.29, 1.82) is 0 Å². The van der Waals surface area contributed by atoms with Crippen LogP contribution in [0.2, 0.25) is 0 Å². The summed E-state index contributed by atoms with van der Waals surface area (Å²) < 4.78 is 0. The molecule has 5 nitrogen and oxygen atoms in total. The van der Waals surface area contributed by atoms with Crippen molar-refractivity contribution >= 4 is 22.5 Å². The maximum Gasteiger partial charge on any atom is 0.267 e. The standard InChI is InChI=1S/C23H28N4O/c1-18-6-4-8-20(16-18)27-14-12-26(13-15-27)11-5-10-24-23(28)22-17-19-7-2-3-9-21(19)25-22/h2-4,6-9,16-17,25H,5,10-15H2,1H3,(H,24,28). The number of aryl methyl sites for hydroxylation is 1. The highest BCUT2D eigenvalue weighted by Crippen LogP contribution is 2.18. The average molecular weight is 377 g/mol. The molecule has 0 bridgehead atoms. The Morgan fingerprint density at radius 3 is 2.64 bits per heavy atom. The number of H-pyrrole nitrogens is 1. The van der Waals surface area contributed by atoms with E-state index in [0.29, 0.717) is 12.2 Å². The summed E-state index contributed by atoms with van der Waals surface area (Å²) in [7, 11) is 0. The van der Waals surface area contributed by atoms with Crippen LogP contribution in [-0.4, -0.2) is 55.1 Å². The van der Waals surface area contributed by atoms with Crippen LogP contribution in [0.4, 0.5) is 5.69 Å². The van der Waals surface area contributed by atoms with Gasteiger partial charge in [0.25, 0.3) is 5.91 Å². The van der Waals surface area contributed by atoms with Gasteiger partial charge in [-0.05, 0) is 49.7 Å². The van der Waals surface area contributed by atoms with E-state index in [9.17, 15) is 4.79 Å². The van der Waals surface area contributed by atoms with Crippen LogP contribution in [0.15, 0.2) is 54.6 Å². The zero-order valence-corrected chi connectivity index (χ0v) is 16.4. The minimum absolute atomic E-state index is 0.0273. The van der Waals surface area contributed by atoms with Gasteiger partial charge < -0.3 is 15.2 Å². The summed E-state index contributed by atoms with van der Waals surface area (Å²) in [5, 5.41) is 4.10. The van der Waals surface area contributed by atoms with E-state index < -0.39 is 0 Å². The predicted octanol–water partition coefficient (Wildman–Crippen LogP) is 3.42. The first-order valence-electron chi connectivity index (χ1n) is 10.1. The highest BCUT2D eigenvalue weighted by molar-refractivity contribution is 5.97. The lowest BCUT2D eigenvalue weighted by Crippen LogP contribution is -2.47. The number of aromatic amines is 1. The molecule has 2 aromatic carbocycles. The molecule has 0 aliphatic carbocycles. The zero-order chi connectivity index (χ0) is 19.3. The number of rotatable bonds is 6. The first-order chi connectivity index (χ1) is 13.7. The highest BCUT2D eigenvalue weighted by atomic mass is 16.1. The third-order valence-electron chi connectivity index (χ3n) is 5.45. The molecule has 1 aromatic heterocycles. The van der Waals surface area contributed by atoms with Crippen molar-refractivity contribution < 1.29 is 4.79 Å². The maximum absolute atomic E-state index is 12.3. The van der Waals surface area contributed by atoms with Crippen molar-refractivity contribution in [1.82, 2.24) is 15.2 Å². The molecule has 0 saturated carbocycles. The van der Waals surface area contributed by atoms with E-state index in [0.717, 1.165) is 50.0 Å². The highest BCUT2D eigenvalue weighted by Gasteiger charge is 2.17. The number of carbonyl (C=O) groups excluding carboxylic acids is 1. The number of aromatic nitrogens is 1. The van der Waals surface area contributed by atoms with E-state index in [1.54, 1.807) is 0 Å². The van der Waals surface area contributed by atoms with Gasteiger partial charge in [0.15, 0.2) is 0 Å². The number of para-hydroxylation sites is 1. The van der Waals surface area contributed by atoms with Crippen LogP contribution < -0.4 is 10.2 Å². The molecule has 1 fully saturated rings. The van der Waals surface area contributed by atoms with Crippen molar-refractivity contribution in [2.45, 2.75) is 13.3 Å². The number of hydrogen-bond acceptors (Lipinski definition) is 3. The molecule has 146 valence electrons. The third kappa shape index (κ3) is 4.37. The number of fused-ring (bicyclic) bond motifs is 1. The summed E-state index contributed by atoms with van der Waals surface area (Å²) in [6.07, 6.45) is 0.969. The number of nitrogens with one attached hydrogen (secondary N) is 2. The number of carbonyl (C=O) groups is 1. The van der Waals surface area contributed by atoms with Crippen LogP contribution in [0.25, 0.3) is 10.9 Å². The quantitative estimate of drug-likeness (QED) is 0.648. The molecule has 0 unspecified atom stereocenters. The Labute approximate surface area is 166 Å². The van der Waals surface area contributed by atoms with E-state index in [1.807, 2.05) is 30.3 Å². The molecule has 2 N–H and O–H groups in total. The lowest BCUT2D eigenvalue weighted by molar-refractivity contribution is 0.0947. The van der Waals surface area contributed by atoms with E-state index in [1.165, 1.54) is 11.3 Å². The van der Waals surface area contributed by atoms with Crippen LogP contribution >= 0.6 is 0 Å². The molecule has 0 atom stereocenters. The lowest BCUT2D eigenvalue weighted by Gasteiger charge is -2.36. The number of anilines is 1. The summed E-state index contributed by atoms with van der Waals surface area (Å²) in [5.74, 6) is -0.0273. The van der Waals surface area contributed by atoms with E-state index in [2.05, 4.69) is 51.3 Å². The van der Waals surface area contributed by atoms with Crippen molar-refractivity contribution in [2.24, 2.45) is 0 Å². The molecule has 28 heavy (non-hydrogen) atoms. The molecule has 0 spiro atoms. The molecule has 0 radical (unpaired) electrons. The van der Waals surface area contributed by atoms with Gasteiger partial charge in [-0.1, -0.05) is 30.3 Å². The third-order valence-corrected chi connectivity index (χ3v) is 5.45. The molecule has 3 aromatic rings. The van der Waals surface area contributed by atoms with Crippen LogP contribution in [0.5, 0.6) is 0 Å². The van der Waals surface area contributed by atoms with Gasteiger partial charge in [0.2, 0.25) is 0 Å². The van der Waals surface area contributed by atoms with Crippen molar-refractivity contribution in [3.63, 3.8) is 0 Å². The number of nitrogens with zero attached hydrogens (tertiary/aromatic N) is 2. The summed E-state index contributed by atoms with van der Waals surface area (Å²) in [5.41, 5.74) is 4.27. The summed E-state index contributed by atoms with van der Waals surface area (Å²) >= 11 is 0. The summed E-state index contributed by atoms with van der Waals surface area (Å²) in [4.78, 5) is 20.5. The SMILES string of the molecule is Cc1cccc(N2CCN(CCCNC(=O)c3cc4ccccc4[nH]3)CC2)c1. The minimum atomic E-state index is -0.0273. The molecule has 5 heteroatoms. The molecule has 1 saturated heterocycles. The fourth-order valence-electron chi connectivity index (χ4n) is 3.85. The average Bonchev–Trinajstić information content (AvgIpc) is 3.16. The van der Waals surface area contributed by atoms with Crippen LogP contribution in [0.1, 0.15) is 22.5 Å². The fourth-order valence-corrected chi connectivity index (χ4v) is 3.85. The Kier molecular flexibility index (Phi) is 5.63. The topological polar surface area (TPSA) is 51.4 Å². The van der Waals surface area contributed by atoms with Gasteiger partial charge in [0.05, 0.1) is 0 Å². The van der Waals surface area contributed by atoms with E-state index >= 15 is 0 Å². The van der Waals surface area contributed by atoms with Gasteiger partial charge in [-0.3, -0.25) is 9.69 Å². The monoisotopic (exact) mass is 376 g/mol. The van der Waals surface area contributed by atoms with Gasteiger partial charge in [0.1, 0.15) is 5.69 Å². The van der Waals surface area contributed by atoms with Gasteiger partial charge in [-0.2, -0.15) is 0 Å². The Hall–Kier alpha value is -2.79. The number of piperazine rings is 1. The first-order valence-corrected chi connectivity index (χ1v) is 10.1. The van der Waals surface area contributed by atoms with E-state index in [-0.39, 0.29) is 5.91 Å². The smallest absolute Gasteiger partial charge is 0.267 e. The van der Waals surface area contributed by atoms with Crippen molar-refractivity contribution in [3.8, 4) is 0 Å². The van der Waals surface area contributed by atoms with Crippen molar-refractivity contribution in [2.75, 3.05) is 44.2 Å². The van der Waals surface area contributed by atoms with Gasteiger partial charge in [0, 0.05) is 49.3 Å². The Morgan fingerprint density at radius 1 is 1.04 bits per heavy atom. The number of amides is 1. The van der Waals surface area contributed by atoms with Crippen molar-refractivity contribution in [3.05, 3.63) is 65.9 Å². The lowest BCUT2D eigenvalue weighted by atomic mass is 10.2. The molecule has 1 amide bonds.